The molecule has 3 atom stereocenters. The highest BCUT2D eigenvalue weighted by Gasteiger charge is 2.61. The molecule has 35 heavy (non-hydrogen) atoms. The topological polar surface area (TPSA) is 63.0 Å². The maximum atomic E-state index is 13.7. The lowest BCUT2D eigenvalue weighted by atomic mass is 9.94. The Bertz CT molecular complexity index is 1410. The summed E-state index contributed by atoms with van der Waals surface area (Å²) in [5.74, 6) is -0.325. The average Bonchev–Trinajstić information content (AvgIpc) is 3.56. The van der Waals surface area contributed by atoms with E-state index in [4.69, 9.17) is 20.9 Å². The van der Waals surface area contributed by atoms with Crippen LogP contribution in [0.1, 0.15) is 11.8 Å². The first-order valence-electron chi connectivity index (χ1n) is 11.0. The molecule has 0 saturated carbocycles. The summed E-state index contributed by atoms with van der Waals surface area (Å²) in [6.07, 6.45) is -0.968. The van der Waals surface area contributed by atoms with Crippen LogP contribution in [0, 0.1) is 5.92 Å². The third-order valence-corrected chi connectivity index (χ3v) is 7.04. The molecule has 0 spiro atoms. The number of amides is 2. The van der Waals surface area contributed by atoms with Crippen molar-refractivity contribution in [3.05, 3.63) is 106 Å². The van der Waals surface area contributed by atoms with E-state index in [-0.39, 0.29) is 5.91 Å². The number of hydrogen-bond acceptors (Lipinski definition) is 5. The lowest BCUT2D eigenvalue weighted by molar-refractivity contribution is -0.126. The Labute approximate surface area is 214 Å². The number of imide groups is 1. The molecule has 0 radical (unpaired) electrons. The van der Waals surface area contributed by atoms with Crippen molar-refractivity contribution in [3.63, 3.8) is 0 Å². The van der Waals surface area contributed by atoms with Gasteiger partial charge in [0.1, 0.15) is 23.5 Å². The van der Waals surface area contributed by atoms with E-state index in [1.807, 2.05) is 66.7 Å². The first-order chi connectivity index (χ1) is 17.0. The third-order valence-electron chi connectivity index (χ3n) is 6.26. The summed E-state index contributed by atoms with van der Waals surface area (Å²) in [4.78, 5) is 34.4. The van der Waals surface area contributed by atoms with E-state index < -0.39 is 24.0 Å². The Morgan fingerprint density at radius 1 is 0.771 bits per heavy atom. The molecule has 2 fully saturated rings. The van der Waals surface area contributed by atoms with E-state index in [9.17, 15) is 9.59 Å². The van der Waals surface area contributed by atoms with Gasteiger partial charge in [-0.15, -0.1) is 0 Å². The Hall–Kier alpha value is -3.39. The third kappa shape index (κ3) is 3.76. The van der Waals surface area contributed by atoms with E-state index in [1.165, 1.54) is 4.90 Å². The van der Waals surface area contributed by atoms with Gasteiger partial charge < -0.3 is 4.42 Å². The van der Waals surface area contributed by atoms with Gasteiger partial charge in [-0.1, -0.05) is 57.9 Å². The molecule has 0 N–H and O–H groups in total. The molecule has 2 saturated heterocycles. The summed E-state index contributed by atoms with van der Waals surface area (Å²) >= 11 is 9.45. The summed E-state index contributed by atoms with van der Waals surface area (Å²) in [7, 11) is 0. The standard InChI is InChI=1S/C27H18BrClN2O4/c28-17-8-6-16(7-9-17)21-14-15-22(34-21)24-23-25(35-31(24)20-4-2-1-3-5-20)27(33)30(26(23)32)19-12-10-18(29)11-13-19/h1-15,23-25H/t23-,24-,25-/m0/s1. The van der Waals surface area contributed by atoms with Crippen LogP contribution in [-0.2, 0) is 14.4 Å². The molecule has 0 aliphatic carbocycles. The van der Waals surface area contributed by atoms with Crippen molar-refractivity contribution in [1.82, 2.24) is 0 Å². The summed E-state index contributed by atoms with van der Waals surface area (Å²) in [5.41, 5.74) is 2.09. The SMILES string of the molecule is O=C1[C@@H]2[C@H](ON(c3ccccc3)[C@H]2c2ccc(-c3ccc(Br)cc3)o2)C(=O)N1c1ccc(Cl)cc1. The Kier molecular flexibility index (Phi) is 5.48. The van der Waals surface area contributed by atoms with Crippen LogP contribution < -0.4 is 9.96 Å². The summed E-state index contributed by atoms with van der Waals surface area (Å²) in [5, 5.41) is 2.14. The van der Waals surface area contributed by atoms with Gasteiger partial charge in [0.25, 0.3) is 5.91 Å². The highest BCUT2D eigenvalue weighted by atomic mass is 79.9. The maximum absolute atomic E-state index is 13.7. The fourth-order valence-electron chi connectivity index (χ4n) is 4.63. The minimum absolute atomic E-state index is 0.340. The van der Waals surface area contributed by atoms with Crippen molar-refractivity contribution < 1.29 is 18.8 Å². The normalized spacial score (nSPS) is 21.6. The molecule has 2 amide bonds. The Morgan fingerprint density at radius 2 is 1.49 bits per heavy atom. The van der Waals surface area contributed by atoms with Gasteiger partial charge in [0, 0.05) is 15.1 Å². The number of halogens is 2. The first kappa shape index (κ1) is 22.1. The van der Waals surface area contributed by atoms with Gasteiger partial charge in [-0.05, 0) is 60.7 Å². The molecular weight excluding hydrogens is 532 g/mol. The highest BCUT2D eigenvalue weighted by molar-refractivity contribution is 9.10. The predicted molar refractivity (Wildman–Crippen MR) is 136 cm³/mol. The molecule has 8 heteroatoms. The van der Waals surface area contributed by atoms with Crippen LogP contribution in [0.2, 0.25) is 5.02 Å². The smallest absolute Gasteiger partial charge is 0.266 e. The lowest BCUT2D eigenvalue weighted by Crippen LogP contribution is -2.37. The number of hydrogen-bond donors (Lipinski definition) is 0. The van der Waals surface area contributed by atoms with Crippen LogP contribution in [-0.4, -0.2) is 17.9 Å². The molecule has 6 rings (SSSR count). The van der Waals surface area contributed by atoms with Gasteiger partial charge in [-0.25, -0.2) is 9.96 Å². The molecule has 0 bridgehead atoms. The zero-order chi connectivity index (χ0) is 24.1. The van der Waals surface area contributed by atoms with Gasteiger partial charge in [-0.2, -0.15) is 0 Å². The Balaban J connectivity index is 1.41. The van der Waals surface area contributed by atoms with Crippen molar-refractivity contribution in [3.8, 4) is 11.3 Å². The minimum atomic E-state index is -0.968. The minimum Gasteiger partial charge on any atom is -0.459 e. The number of carbonyl (C=O) groups is 2. The maximum Gasteiger partial charge on any atom is 0.266 e. The second-order valence-corrected chi connectivity index (χ2v) is 9.71. The van der Waals surface area contributed by atoms with Gasteiger partial charge in [0.15, 0.2) is 6.10 Å². The van der Waals surface area contributed by atoms with Crippen LogP contribution in [0.15, 0.2) is 99.9 Å². The van der Waals surface area contributed by atoms with Crippen LogP contribution in [0.4, 0.5) is 11.4 Å². The number of rotatable bonds is 4. The van der Waals surface area contributed by atoms with Crippen molar-refractivity contribution in [2.75, 3.05) is 9.96 Å². The first-order valence-corrected chi connectivity index (χ1v) is 12.2. The fourth-order valence-corrected chi connectivity index (χ4v) is 5.02. The average molecular weight is 550 g/mol. The van der Waals surface area contributed by atoms with Crippen LogP contribution in [0.5, 0.6) is 0 Å². The van der Waals surface area contributed by atoms with E-state index >= 15 is 0 Å². The van der Waals surface area contributed by atoms with Gasteiger partial charge in [0.2, 0.25) is 5.91 Å². The summed E-state index contributed by atoms with van der Waals surface area (Å²) in [6, 6.07) is 26.9. The number of hydroxylamine groups is 1. The fraction of sp³-hybridized carbons (Fsp3) is 0.111. The van der Waals surface area contributed by atoms with E-state index in [0.717, 1.165) is 15.7 Å². The highest BCUT2D eigenvalue weighted by Crippen LogP contribution is 2.48. The summed E-state index contributed by atoms with van der Waals surface area (Å²) in [6.45, 7) is 0. The van der Waals surface area contributed by atoms with Gasteiger partial charge >= 0.3 is 0 Å². The zero-order valence-corrected chi connectivity index (χ0v) is 20.5. The largest absolute Gasteiger partial charge is 0.459 e. The van der Waals surface area contributed by atoms with Gasteiger partial charge in [0.05, 0.1) is 11.4 Å². The van der Waals surface area contributed by atoms with Gasteiger partial charge in [-0.3, -0.25) is 14.4 Å². The van der Waals surface area contributed by atoms with Crippen molar-refractivity contribution in [2.24, 2.45) is 5.92 Å². The second-order valence-electron chi connectivity index (χ2n) is 8.36. The van der Waals surface area contributed by atoms with E-state index in [0.29, 0.717) is 22.2 Å². The van der Waals surface area contributed by atoms with Crippen molar-refractivity contribution in [1.29, 1.82) is 0 Å². The zero-order valence-electron chi connectivity index (χ0n) is 18.2. The van der Waals surface area contributed by atoms with Crippen molar-refractivity contribution in [2.45, 2.75) is 12.1 Å². The molecular formula is C27H18BrClN2O4. The number of fused-ring (bicyclic) bond motifs is 1. The molecule has 2 aliphatic rings. The van der Waals surface area contributed by atoms with Crippen LogP contribution in [0.3, 0.4) is 0 Å². The number of carbonyl (C=O) groups excluding carboxylic acids is 2. The van der Waals surface area contributed by atoms with Crippen LogP contribution in [0.25, 0.3) is 11.3 Å². The van der Waals surface area contributed by atoms with E-state index in [1.54, 1.807) is 29.3 Å². The second kappa shape index (κ2) is 8.68. The number of para-hydroxylation sites is 1. The number of nitrogens with zero attached hydrogens (tertiary/aromatic N) is 2. The predicted octanol–water partition coefficient (Wildman–Crippen LogP) is 6.41. The number of anilines is 2. The molecule has 0 unspecified atom stereocenters. The molecule has 6 nitrogen and oxygen atoms in total. The monoisotopic (exact) mass is 548 g/mol. The summed E-state index contributed by atoms with van der Waals surface area (Å²) < 4.78 is 7.22. The number of benzene rings is 3. The quantitative estimate of drug-likeness (QED) is 0.275. The molecule has 1 aromatic heterocycles. The molecule has 2 aliphatic heterocycles. The molecule has 4 aromatic rings. The molecule has 174 valence electrons. The number of furan rings is 1. The lowest BCUT2D eigenvalue weighted by Gasteiger charge is -2.27. The molecule has 3 heterocycles. The Morgan fingerprint density at radius 3 is 2.20 bits per heavy atom. The molecule has 3 aromatic carbocycles. The van der Waals surface area contributed by atoms with E-state index in [2.05, 4.69) is 15.9 Å². The van der Waals surface area contributed by atoms with Crippen molar-refractivity contribution >= 4 is 50.7 Å². The van der Waals surface area contributed by atoms with Crippen LogP contribution >= 0.6 is 27.5 Å².